The van der Waals surface area contributed by atoms with Crippen LogP contribution in [0.15, 0.2) is 30.3 Å². The molecule has 2 rings (SSSR count). The van der Waals surface area contributed by atoms with Crippen molar-refractivity contribution in [3.05, 3.63) is 35.9 Å². The summed E-state index contributed by atoms with van der Waals surface area (Å²) in [6.07, 6.45) is 2.96. The molecule has 1 amide bonds. The first kappa shape index (κ1) is 15.0. The van der Waals surface area contributed by atoms with Gasteiger partial charge in [0.05, 0.1) is 11.5 Å². The Kier molecular flexibility index (Phi) is 4.78. The molecule has 1 fully saturated rings. The van der Waals surface area contributed by atoms with Gasteiger partial charge < -0.3 is 16.0 Å². The number of rotatable bonds is 6. The van der Waals surface area contributed by atoms with Gasteiger partial charge in [-0.2, -0.15) is 0 Å². The molecule has 0 aliphatic heterocycles. The molecular formula is C16H25N3O. The maximum absolute atomic E-state index is 12.3. The summed E-state index contributed by atoms with van der Waals surface area (Å²) in [5, 5.41) is 3.10. The molecule has 3 N–H and O–H groups in total. The van der Waals surface area contributed by atoms with Crippen LogP contribution in [0, 0.1) is 5.41 Å². The van der Waals surface area contributed by atoms with Gasteiger partial charge >= 0.3 is 0 Å². The third-order valence-electron chi connectivity index (χ3n) is 4.45. The summed E-state index contributed by atoms with van der Waals surface area (Å²) in [5.41, 5.74) is 6.69. The molecule has 1 aliphatic carbocycles. The Morgan fingerprint density at radius 3 is 2.45 bits per heavy atom. The second-order valence-electron chi connectivity index (χ2n) is 5.94. The summed E-state index contributed by atoms with van der Waals surface area (Å²) < 4.78 is 0. The second kappa shape index (κ2) is 6.37. The Morgan fingerprint density at radius 2 is 2.00 bits per heavy atom. The predicted octanol–water partition coefficient (Wildman–Crippen LogP) is 1.53. The first-order chi connectivity index (χ1) is 9.59. The van der Waals surface area contributed by atoms with Crippen molar-refractivity contribution in [2.24, 2.45) is 11.1 Å². The maximum atomic E-state index is 12.3. The molecule has 0 aromatic heterocycles. The van der Waals surface area contributed by atoms with Crippen molar-refractivity contribution < 1.29 is 4.79 Å². The van der Waals surface area contributed by atoms with Crippen molar-refractivity contribution in [3.8, 4) is 0 Å². The standard InChI is InChI=1S/C16H25N3O/c1-19(2)14(13-7-4-3-5-8-13)11-18-15(20)16(12-17)9-6-10-16/h3-5,7-8,14H,6,9-12,17H2,1-2H3,(H,18,20). The van der Waals surface area contributed by atoms with E-state index in [4.69, 9.17) is 5.73 Å². The second-order valence-corrected chi connectivity index (χ2v) is 5.94. The highest BCUT2D eigenvalue weighted by molar-refractivity contribution is 5.83. The fourth-order valence-corrected chi connectivity index (χ4v) is 2.78. The van der Waals surface area contributed by atoms with Gasteiger partial charge in [0.1, 0.15) is 0 Å². The Morgan fingerprint density at radius 1 is 1.35 bits per heavy atom. The smallest absolute Gasteiger partial charge is 0.227 e. The van der Waals surface area contributed by atoms with Crippen molar-refractivity contribution in [1.82, 2.24) is 10.2 Å². The molecule has 1 aromatic rings. The van der Waals surface area contributed by atoms with Crippen LogP contribution < -0.4 is 11.1 Å². The Balaban J connectivity index is 1.98. The molecular weight excluding hydrogens is 250 g/mol. The average Bonchev–Trinajstić information content (AvgIpc) is 2.39. The van der Waals surface area contributed by atoms with Gasteiger partial charge in [-0.3, -0.25) is 4.79 Å². The molecule has 0 radical (unpaired) electrons. The van der Waals surface area contributed by atoms with Crippen LogP contribution in [0.5, 0.6) is 0 Å². The van der Waals surface area contributed by atoms with Crippen LogP contribution in [0.3, 0.4) is 0 Å². The van der Waals surface area contributed by atoms with Crippen LogP contribution in [0.25, 0.3) is 0 Å². The topological polar surface area (TPSA) is 58.4 Å². The van der Waals surface area contributed by atoms with E-state index < -0.39 is 0 Å². The van der Waals surface area contributed by atoms with Crippen LogP contribution in [-0.4, -0.2) is 38.0 Å². The van der Waals surface area contributed by atoms with Gasteiger partial charge in [-0.15, -0.1) is 0 Å². The van der Waals surface area contributed by atoms with Crippen molar-refractivity contribution in [3.63, 3.8) is 0 Å². The molecule has 1 saturated carbocycles. The number of nitrogens with one attached hydrogen (secondary N) is 1. The molecule has 0 bridgehead atoms. The Labute approximate surface area is 121 Å². The van der Waals surface area contributed by atoms with Crippen molar-refractivity contribution in [2.45, 2.75) is 25.3 Å². The van der Waals surface area contributed by atoms with Gasteiger partial charge in [-0.05, 0) is 32.5 Å². The number of carbonyl (C=O) groups excluding carboxylic acids is 1. The first-order valence-electron chi connectivity index (χ1n) is 7.29. The van der Waals surface area contributed by atoms with Crippen molar-refractivity contribution in [1.29, 1.82) is 0 Å². The number of nitrogens with zero attached hydrogens (tertiary/aromatic N) is 1. The van der Waals surface area contributed by atoms with Crippen LogP contribution in [-0.2, 0) is 4.79 Å². The molecule has 0 spiro atoms. The van der Waals surface area contributed by atoms with Gasteiger partial charge in [0.2, 0.25) is 5.91 Å². The van der Waals surface area contributed by atoms with E-state index in [1.807, 2.05) is 32.3 Å². The van der Waals surface area contributed by atoms with E-state index in [1.165, 1.54) is 5.56 Å². The fourth-order valence-electron chi connectivity index (χ4n) is 2.78. The molecule has 0 saturated heterocycles. The zero-order chi connectivity index (χ0) is 14.6. The zero-order valence-electron chi connectivity index (χ0n) is 12.4. The molecule has 4 nitrogen and oxygen atoms in total. The third kappa shape index (κ3) is 3.02. The number of hydrogen-bond donors (Lipinski definition) is 2. The minimum Gasteiger partial charge on any atom is -0.354 e. The lowest BCUT2D eigenvalue weighted by Gasteiger charge is -2.39. The molecule has 1 aliphatic rings. The monoisotopic (exact) mass is 275 g/mol. The van der Waals surface area contributed by atoms with Gasteiger partial charge in [0, 0.05) is 13.1 Å². The largest absolute Gasteiger partial charge is 0.354 e. The highest BCUT2D eigenvalue weighted by Crippen LogP contribution is 2.40. The molecule has 110 valence electrons. The summed E-state index contributed by atoms with van der Waals surface area (Å²) in [6, 6.07) is 10.4. The van der Waals surface area contributed by atoms with Crippen LogP contribution >= 0.6 is 0 Å². The lowest BCUT2D eigenvalue weighted by molar-refractivity contribution is -0.135. The Hall–Kier alpha value is -1.39. The predicted molar refractivity (Wildman–Crippen MR) is 81.2 cm³/mol. The normalized spacial score (nSPS) is 18.4. The molecule has 1 aromatic carbocycles. The van der Waals surface area contributed by atoms with Gasteiger partial charge in [-0.25, -0.2) is 0 Å². The van der Waals surface area contributed by atoms with Crippen molar-refractivity contribution >= 4 is 5.91 Å². The van der Waals surface area contributed by atoms with E-state index in [2.05, 4.69) is 22.3 Å². The van der Waals surface area contributed by atoms with Gasteiger partial charge in [0.15, 0.2) is 0 Å². The summed E-state index contributed by atoms with van der Waals surface area (Å²) in [6.45, 7) is 1.08. The van der Waals surface area contributed by atoms with E-state index in [0.717, 1.165) is 19.3 Å². The fraction of sp³-hybridized carbons (Fsp3) is 0.562. The maximum Gasteiger partial charge on any atom is 0.227 e. The molecule has 1 unspecified atom stereocenters. The third-order valence-corrected chi connectivity index (χ3v) is 4.45. The van der Waals surface area contributed by atoms with E-state index >= 15 is 0 Å². The van der Waals surface area contributed by atoms with E-state index in [9.17, 15) is 4.79 Å². The highest BCUT2D eigenvalue weighted by Gasteiger charge is 2.42. The zero-order valence-corrected chi connectivity index (χ0v) is 12.4. The van der Waals surface area contributed by atoms with Gasteiger partial charge in [0.25, 0.3) is 0 Å². The molecule has 0 heterocycles. The number of likely N-dealkylation sites (N-methyl/N-ethyl adjacent to an activating group) is 1. The first-order valence-corrected chi connectivity index (χ1v) is 7.29. The lowest BCUT2D eigenvalue weighted by Crippen LogP contribution is -2.51. The number of amides is 1. The average molecular weight is 275 g/mol. The Bertz CT molecular complexity index is 435. The number of hydrogen-bond acceptors (Lipinski definition) is 3. The quantitative estimate of drug-likeness (QED) is 0.828. The SMILES string of the molecule is CN(C)C(CNC(=O)C1(CN)CCC1)c1ccccc1. The van der Waals surface area contributed by atoms with Crippen LogP contribution in [0.2, 0.25) is 0 Å². The molecule has 1 atom stereocenters. The highest BCUT2D eigenvalue weighted by atomic mass is 16.2. The molecule has 4 heteroatoms. The summed E-state index contributed by atoms with van der Waals surface area (Å²) in [7, 11) is 4.07. The van der Waals surface area contributed by atoms with Crippen molar-refractivity contribution in [2.75, 3.05) is 27.2 Å². The minimum atomic E-state index is -0.298. The minimum absolute atomic E-state index is 0.119. The number of benzene rings is 1. The van der Waals surface area contributed by atoms with E-state index in [0.29, 0.717) is 13.1 Å². The summed E-state index contributed by atoms with van der Waals surface area (Å²) in [5.74, 6) is 0.119. The van der Waals surface area contributed by atoms with Crippen LogP contribution in [0.1, 0.15) is 30.9 Å². The lowest BCUT2D eigenvalue weighted by atomic mass is 9.68. The van der Waals surface area contributed by atoms with Crippen LogP contribution in [0.4, 0.5) is 0 Å². The summed E-state index contributed by atoms with van der Waals surface area (Å²) in [4.78, 5) is 14.5. The summed E-state index contributed by atoms with van der Waals surface area (Å²) >= 11 is 0. The van der Waals surface area contributed by atoms with E-state index in [1.54, 1.807) is 0 Å². The van der Waals surface area contributed by atoms with Gasteiger partial charge in [-0.1, -0.05) is 36.8 Å². The number of nitrogens with two attached hydrogens (primary N) is 1. The molecule has 20 heavy (non-hydrogen) atoms. The number of carbonyl (C=O) groups is 1. The van der Waals surface area contributed by atoms with E-state index in [-0.39, 0.29) is 17.4 Å².